The number of nitrogens with one attached hydrogen (secondary N) is 1. The minimum Gasteiger partial charge on any atom is -0.336 e. The Hall–Kier alpha value is -2.73. The number of aromatic nitrogens is 4. The Morgan fingerprint density at radius 1 is 1.13 bits per heavy atom. The Labute approximate surface area is 137 Å². The van der Waals surface area contributed by atoms with Gasteiger partial charge in [0.15, 0.2) is 5.82 Å². The van der Waals surface area contributed by atoms with Gasteiger partial charge in [-0.3, -0.25) is 9.67 Å². The van der Waals surface area contributed by atoms with Crippen molar-refractivity contribution in [3.63, 3.8) is 0 Å². The molecule has 0 unspecified atom stereocenters. The van der Waals surface area contributed by atoms with Gasteiger partial charge in [0.25, 0.3) is 0 Å². The van der Waals surface area contributed by atoms with Crippen LogP contribution in [0.3, 0.4) is 0 Å². The van der Waals surface area contributed by atoms with Crippen LogP contribution >= 0.6 is 11.3 Å². The molecule has 0 atom stereocenters. The van der Waals surface area contributed by atoms with Gasteiger partial charge in [0, 0.05) is 42.1 Å². The summed E-state index contributed by atoms with van der Waals surface area (Å²) < 4.78 is 2.96. The van der Waals surface area contributed by atoms with E-state index in [4.69, 9.17) is 4.98 Å². The van der Waals surface area contributed by atoms with Crippen LogP contribution in [-0.4, -0.2) is 19.7 Å². The van der Waals surface area contributed by atoms with Crippen LogP contribution in [0.25, 0.3) is 21.5 Å². The smallest absolute Gasteiger partial charge is 0.155 e. The van der Waals surface area contributed by atoms with Gasteiger partial charge >= 0.3 is 0 Å². The molecule has 0 bridgehead atoms. The minimum atomic E-state index is 0.864. The summed E-state index contributed by atoms with van der Waals surface area (Å²) in [4.78, 5) is 8.88. The molecule has 0 saturated heterocycles. The summed E-state index contributed by atoms with van der Waals surface area (Å²) in [7, 11) is 1.92. The minimum absolute atomic E-state index is 0.864. The highest BCUT2D eigenvalue weighted by atomic mass is 32.1. The summed E-state index contributed by atoms with van der Waals surface area (Å²) in [6.45, 7) is 2.04. The predicted octanol–water partition coefficient (Wildman–Crippen LogP) is 4.14. The summed E-state index contributed by atoms with van der Waals surface area (Å²) in [6.07, 6.45) is 5.56. The molecule has 0 fully saturated rings. The number of nitrogens with zero attached hydrogens (tertiary/aromatic N) is 4. The van der Waals surface area contributed by atoms with Gasteiger partial charge in [-0.1, -0.05) is 0 Å². The van der Waals surface area contributed by atoms with Gasteiger partial charge < -0.3 is 5.32 Å². The van der Waals surface area contributed by atoms with E-state index in [-0.39, 0.29) is 0 Å². The number of hydrogen-bond donors (Lipinski definition) is 1. The first kappa shape index (κ1) is 13.9. The van der Waals surface area contributed by atoms with Gasteiger partial charge in [-0.05, 0) is 31.2 Å². The Morgan fingerprint density at radius 3 is 2.70 bits per heavy atom. The quantitative estimate of drug-likeness (QED) is 0.616. The first-order chi connectivity index (χ1) is 11.2. The van der Waals surface area contributed by atoms with Crippen molar-refractivity contribution in [1.29, 1.82) is 0 Å². The fourth-order valence-corrected chi connectivity index (χ4v) is 3.37. The third kappa shape index (κ3) is 2.57. The zero-order chi connectivity index (χ0) is 15.8. The van der Waals surface area contributed by atoms with Crippen LogP contribution in [0.5, 0.6) is 0 Å². The van der Waals surface area contributed by atoms with Crippen molar-refractivity contribution in [2.24, 2.45) is 7.05 Å². The Balaban J connectivity index is 1.77. The number of hydrogen-bond acceptors (Lipinski definition) is 5. The zero-order valence-electron chi connectivity index (χ0n) is 12.8. The molecular weight excluding hydrogens is 306 g/mol. The fraction of sp³-hybridized carbons (Fsp3) is 0.118. The van der Waals surface area contributed by atoms with Gasteiger partial charge in [0.05, 0.1) is 16.1 Å². The summed E-state index contributed by atoms with van der Waals surface area (Å²) >= 11 is 1.68. The van der Waals surface area contributed by atoms with Gasteiger partial charge in [-0.2, -0.15) is 5.10 Å². The molecule has 23 heavy (non-hydrogen) atoms. The van der Waals surface area contributed by atoms with Crippen molar-refractivity contribution in [3.8, 4) is 11.3 Å². The summed E-state index contributed by atoms with van der Waals surface area (Å²) in [5.74, 6) is 0.864. The van der Waals surface area contributed by atoms with Crippen LogP contribution in [0, 0.1) is 6.92 Å². The highest BCUT2D eigenvalue weighted by molar-refractivity contribution is 7.17. The van der Waals surface area contributed by atoms with Crippen molar-refractivity contribution in [3.05, 3.63) is 53.8 Å². The van der Waals surface area contributed by atoms with Crippen molar-refractivity contribution >= 4 is 33.1 Å². The molecule has 5 nitrogen and oxygen atoms in total. The normalized spacial score (nSPS) is 11.0. The predicted molar refractivity (Wildman–Crippen MR) is 94.1 cm³/mol. The number of aryl methyl sites for hydroxylation is 2. The zero-order valence-corrected chi connectivity index (χ0v) is 13.6. The molecule has 0 aliphatic rings. The van der Waals surface area contributed by atoms with E-state index in [0.717, 1.165) is 38.5 Å². The summed E-state index contributed by atoms with van der Waals surface area (Å²) in [5, 5.41) is 9.93. The van der Waals surface area contributed by atoms with Crippen LogP contribution in [-0.2, 0) is 7.05 Å². The fourth-order valence-electron chi connectivity index (χ4n) is 2.54. The average molecular weight is 321 g/mol. The SMILES string of the molecule is Cc1cn(C)nc1Nc1csc2ccc(-c3ccncc3)nc12. The van der Waals surface area contributed by atoms with E-state index in [1.54, 1.807) is 23.7 Å². The lowest BCUT2D eigenvalue weighted by Crippen LogP contribution is -1.94. The van der Waals surface area contributed by atoms with E-state index < -0.39 is 0 Å². The lowest BCUT2D eigenvalue weighted by Gasteiger charge is -2.04. The lowest BCUT2D eigenvalue weighted by molar-refractivity contribution is 0.771. The first-order valence-corrected chi connectivity index (χ1v) is 8.14. The van der Waals surface area contributed by atoms with E-state index in [2.05, 4.69) is 26.8 Å². The molecule has 4 aromatic rings. The number of thiophene rings is 1. The van der Waals surface area contributed by atoms with Crippen LogP contribution in [0.15, 0.2) is 48.2 Å². The maximum atomic E-state index is 4.82. The van der Waals surface area contributed by atoms with Crippen molar-refractivity contribution in [2.75, 3.05) is 5.32 Å². The van der Waals surface area contributed by atoms with Crippen molar-refractivity contribution in [2.45, 2.75) is 6.92 Å². The summed E-state index contributed by atoms with van der Waals surface area (Å²) in [5.41, 5.74) is 5.07. The second-order valence-corrected chi connectivity index (χ2v) is 6.30. The molecule has 0 spiro atoms. The van der Waals surface area contributed by atoms with Crippen LogP contribution in [0.2, 0.25) is 0 Å². The van der Waals surface area contributed by atoms with Crippen LogP contribution < -0.4 is 5.32 Å². The molecule has 0 amide bonds. The lowest BCUT2D eigenvalue weighted by atomic mass is 10.2. The standard InChI is InChI=1S/C17H15N5S/c1-11-9-22(2)21-17(11)20-14-10-23-15-4-3-13(19-16(14)15)12-5-7-18-8-6-12/h3-10H,1-2H3,(H,20,21). The Morgan fingerprint density at radius 2 is 1.96 bits per heavy atom. The second kappa shape index (κ2) is 5.48. The van der Waals surface area contributed by atoms with E-state index in [1.165, 1.54) is 0 Å². The van der Waals surface area contributed by atoms with Gasteiger partial charge in [0.2, 0.25) is 0 Å². The van der Waals surface area contributed by atoms with Crippen LogP contribution in [0.1, 0.15) is 5.56 Å². The monoisotopic (exact) mass is 321 g/mol. The molecule has 0 radical (unpaired) electrons. The van der Waals surface area contributed by atoms with Crippen molar-refractivity contribution in [1.82, 2.24) is 19.7 Å². The number of pyridine rings is 2. The summed E-state index contributed by atoms with van der Waals surface area (Å²) in [6, 6.07) is 8.09. The maximum absolute atomic E-state index is 4.82. The Kier molecular flexibility index (Phi) is 3.31. The number of fused-ring (bicyclic) bond motifs is 1. The van der Waals surface area contributed by atoms with Crippen LogP contribution in [0.4, 0.5) is 11.5 Å². The molecule has 4 rings (SSSR count). The number of rotatable bonds is 3. The molecule has 114 valence electrons. The molecule has 6 heteroatoms. The molecular formula is C17H15N5S. The molecule has 0 aromatic carbocycles. The average Bonchev–Trinajstić information content (AvgIpc) is 3.11. The van der Waals surface area contributed by atoms with Gasteiger partial charge in [-0.25, -0.2) is 4.98 Å². The molecule has 1 N–H and O–H groups in total. The second-order valence-electron chi connectivity index (χ2n) is 5.39. The molecule has 0 aliphatic carbocycles. The molecule has 0 saturated carbocycles. The third-order valence-electron chi connectivity index (χ3n) is 3.66. The molecule has 4 heterocycles. The van der Waals surface area contributed by atoms with Gasteiger partial charge in [0.1, 0.15) is 5.52 Å². The molecule has 0 aliphatic heterocycles. The van der Waals surface area contributed by atoms with Gasteiger partial charge in [-0.15, -0.1) is 11.3 Å². The van der Waals surface area contributed by atoms with E-state index in [0.29, 0.717) is 0 Å². The third-order valence-corrected chi connectivity index (χ3v) is 4.59. The first-order valence-electron chi connectivity index (χ1n) is 7.26. The highest BCUT2D eigenvalue weighted by Gasteiger charge is 2.11. The maximum Gasteiger partial charge on any atom is 0.155 e. The van der Waals surface area contributed by atoms with E-state index >= 15 is 0 Å². The largest absolute Gasteiger partial charge is 0.336 e. The van der Waals surface area contributed by atoms with E-state index in [9.17, 15) is 0 Å². The molecule has 4 aromatic heterocycles. The Bertz CT molecular complexity index is 971. The number of anilines is 2. The van der Waals surface area contributed by atoms with Crippen molar-refractivity contribution < 1.29 is 0 Å². The topological polar surface area (TPSA) is 55.6 Å². The highest BCUT2D eigenvalue weighted by Crippen LogP contribution is 2.33. The van der Waals surface area contributed by atoms with E-state index in [1.807, 2.05) is 43.0 Å².